The summed E-state index contributed by atoms with van der Waals surface area (Å²) in [7, 11) is 0. The Hall–Kier alpha value is -3.52. The summed E-state index contributed by atoms with van der Waals surface area (Å²) in [4.78, 5) is 40.1. The summed E-state index contributed by atoms with van der Waals surface area (Å²) >= 11 is 1.22. The standard InChI is InChI=1S/C20H17N3O4S/c1-12-17(28-19(22-12)14-5-3-2-4-6-14)20(26)27-11-16(24)23-15-9-7-13(8-10-15)18(21)25/h2-10H,11H2,1H3,(H2,21,25)(H,23,24). The van der Waals surface area contributed by atoms with Gasteiger partial charge in [0.05, 0.1) is 5.69 Å². The molecule has 3 aromatic rings. The van der Waals surface area contributed by atoms with Gasteiger partial charge in [0.15, 0.2) is 6.61 Å². The number of nitrogens with one attached hydrogen (secondary N) is 1. The third-order valence-electron chi connectivity index (χ3n) is 3.79. The van der Waals surface area contributed by atoms with Crippen molar-refractivity contribution in [1.82, 2.24) is 4.98 Å². The largest absolute Gasteiger partial charge is 0.451 e. The van der Waals surface area contributed by atoms with Crippen LogP contribution in [0.3, 0.4) is 0 Å². The molecule has 0 aliphatic carbocycles. The summed E-state index contributed by atoms with van der Waals surface area (Å²) in [6.07, 6.45) is 0. The smallest absolute Gasteiger partial charge is 0.350 e. The third-order valence-corrected chi connectivity index (χ3v) is 4.98. The Balaban J connectivity index is 1.58. The summed E-state index contributed by atoms with van der Waals surface area (Å²) in [6, 6.07) is 15.6. The van der Waals surface area contributed by atoms with Gasteiger partial charge in [0.25, 0.3) is 5.91 Å². The monoisotopic (exact) mass is 395 g/mol. The summed E-state index contributed by atoms with van der Waals surface area (Å²) in [5, 5.41) is 3.29. The molecule has 28 heavy (non-hydrogen) atoms. The van der Waals surface area contributed by atoms with Crippen molar-refractivity contribution in [3.63, 3.8) is 0 Å². The van der Waals surface area contributed by atoms with Crippen LogP contribution < -0.4 is 11.1 Å². The van der Waals surface area contributed by atoms with Gasteiger partial charge < -0.3 is 15.8 Å². The molecule has 7 nitrogen and oxygen atoms in total. The SMILES string of the molecule is Cc1nc(-c2ccccc2)sc1C(=O)OCC(=O)Nc1ccc(C(N)=O)cc1. The van der Waals surface area contributed by atoms with E-state index in [9.17, 15) is 14.4 Å². The molecule has 2 aromatic carbocycles. The van der Waals surface area contributed by atoms with Crippen LogP contribution in [-0.4, -0.2) is 29.4 Å². The van der Waals surface area contributed by atoms with Gasteiger partial charge >= 0.3 is 5.97 Å². The molecule has 8 heteroatoms. The highest BCUT2D eigenvalue weighted by Crippen LogP contribution is 2.28. The molecule has 0 unspecified atom stereocenters. The number of amides is 2. The molecule has 0 saturated heterocycles. The first-order valence-corrected chi connectivity index (χ1v) is 9.15. The van der Waals surface area contributed by atoms with Crippen molar-refractivity contribution in [3.8, 4) is 10.6 Å². The number of nitrogens with zero attached hydrogens (tertiary/aromatic N) is 1. The lowest BCUT2D eigenvalue weighted by atomic mass is 10.2. The molecule has 2 amide bonds. The van der Waals surface area contributed by atoms with E-state index in [0.29, 0.717) is 26.8 Å². The molecule has 3 N–H and O–H groups in total. The quantitative estimate of drug-likeness (QED) is 0.623. The number of rotatable bonds is 6. The molecule has 0 aliphatic rings. The van der Waals surface area contributed by atoms with E-state index in [1.54, 1.807) is 19.1 Å². The number of benzene rings is 2. The van der Waals surface area contributed by atoms with Gasteiger partial charge in [0, 0.05) is 16.8 Å². The maximum absolute atomic E-state index is 12.3. The number of nitrogens with two attached hydrogens (primary N) is 1. The van der Waals surface area contributed by atoms with Gasteiger partial charge in [-0.05, 0) is 31.2 Å². The number of ether oxygens (including phenoxy) is 1. The minimum Gasteiger partial charge on any atom is -0.451 e. The van der Waals surface area contributed by atoms with E-state index in [-0.39, 0.29) is 0 Å². The summed E-state index contributed by atoms with van der Waals surface area (Å²) in [5.74, 6) is -1.65. The Kier molecular flexibility index (Phi) is 5.81. The Bertz CT molecular complexity index is 1010. The zero-order valence-corrected chi connectivity index (χ0v) is 15.8. The number of hydrogen-bond donors (Lipinski definition) is 2. The fourth-order valence-electron chi connectivity index (χ4n) is 2.40. The van der Waals surface area contributed by atoms with Crippen LogP contribution in [0.4, 0.5) is 5.69 Å². The van der Waals surface area contributed by atoms with Gasteiger partial charge in [-0.1, -0.05) is 30.3 Å². The maximum atomic E-state index is 12.3. The van der Waals surface area contributed by atoms with Crippen LogP contribution in [0.1, 0.15) is 25.7 Å². The number of carbonyl (C=O) groups excluding carboxylic acids is 3. The van der Waals surface area contributed by atoms with Crippen LogP contribution in [0.25, 0.3) is 10.6 Å². The van der Waals surface area contributed by atoms with Crippen LogP contribution in [0.15, 0.2) is 54.6 Å². The van der Waals surface area contributed by atoms with Crippen molar-refractivity contribution in [2.75, 3.05) is 11.9 Å². The van der Waals surface area contributed by atoms with Crippen molar-refractivity contribution < 1.29 is 19.1 Å². The second kappa shape index (κ2) is 8.45. The van der Waals surface area contributed by atoms with Gasteiger partial charge in [0.1, 0.15) is 9.88 Å². The lowest BCUT2D eigenvalue weighted by molar-refractivity contribution is -0.119. The number of hydrogen-bond acceptors (Lipinski definition) is 6. The van der Waals surface area contributed by atoms with Gasteiger partial charge in [-0.15, -0.1) is 11.3 Å². The van der Waals surface area contributed by atoms with Crippen LogP contribution in [0, 0.1) is 6.92 Å². The third kappa shape index (κ3) is 4.60. The van der Waals surface area contributed by atoms with Crippen LogP contribution in [0.2, 0.25) is 0 Å². The predicted molar refractivity (Wildman–Crippen MR) is 106 cm³/mol. The number of aryl methyl sites for hydroxylation is 1. The fraction of sp³-hybridized carbons (Fsp3) is 0.100. The zero-order valence-electron chi connectivity index (χ0n) is 15.0. The second-order valence-electron chi connectivity index (χ2n) is 5.87. The number of anilines is 1. The van der Waals surface area contributed by atoms with Crippen molar-refractivity contribution >= 4 is 34.8 Å². The zero-order chi connectivity index (χ0) is 20.1. The lowest BCUT2D eigenvalue weighted by Gasteiger charge is -2.06. The summed E-state index contributed by atoms with van der Waals surface area (Å²) < 4.78 is 5.10. The normalized spacial score (nSPS) is 10.3. The molecule has 0 spiro atoms. The molecule has 0 bridgehead atoms. The Labute approximate surface area is 165 Å². The van der Waals surface area contributed by atoms with Crippen LogP contribution in [0.5, 0.6) is 0 Å². The molecule has 1 aromatic heterocycles. The lowest BCUT2D eigenvalue weighted by Crippen LogP contribution is -2.21. The first kappa shape index (κ1) is 19.2. The molecular weight excluding hydrogens is 378 g/mol. The number of thiazole rings is 1. The minimum atomic E-state index is -0.601. The average molecular weight is 395 g/mol. The first-order chi connectivity index (χ1) is 13.4. The van der Waals surface area contributed by atoms with E-state index < -0.39 is 24.4 Å². The first-order valence-electron chi connectivity index (χ1n) is 8.33. The van der Waals surface area contributed by atoms with Crippen molar-refractivity contribution in [1.29, 1.82) is 0 Å². The highest BCUT2D eigenvalue weighted by atomic mass is 32.1. The number of primary amides is 1. The molecule has 0 atom stereocenters. The van der Waals surface area contributed by atoms with E-state index in [1.165, 1.54) is 23.5 Å². The topological polar surface area (TPSA) is 111 Å². The van der Waals surface area contributed by atoms with E-state index in [2.05, 4.69) is 10.3 Å². The van der Waals surface area contributed by atoms with Crippen molar-refractivity contribution in [2.45, 2.75) is 6.92 Å². The average Bonchev–Trinajstić information content (AvgIpc) is 3.09. The van der Waals surface area contributed by atoms with Gasteiger partial charge in [-0.25, -0.2) is 9.78 Å². The van der Waals surface area contributed by atoms with Crippen molar-refractivity contribution in [3.05, 3.63) is 70.7 Å². The molecule has 3 rings (SSSR count). The molecule has 142 valence electrons. The van der Waals surface area contributed by atoms with Gasteiger partial charge in [0.2, 0.25) is 5.91 Å². The highest BCUT2D eigenvalue weighted by Gasteiger charge is 2.18. The van der Waals surface area contributed by atoms with E-state index >= 15 is 0 Å². The second-order valence-corrected chi connectivity index (χ2v) is 6.86. The highest BCUT2D eigenvalue weighted by molar-refractivity contribution is 7.17. The van der Waals surface area contributed by atoms with E-state index in [0.717, 1.165) is 5.56 Å². The summed E-state index contributed by atoms with van der Waals surface area (Å²) in [6.45, 7) is 1.29. The molecule has 0 radical (unpaired) electrons. The van der Waals surface area contributed by atoms with Crippen molar-refractivity contribution in [2.24, 2.45) is 5.73 Å². The molecule has 0 fully saturated rings. The molecule has 1 heterocycles. The summed E-state index contributed by atoms with van der Waals surface area (Å²) in [5.41, 5.74) is 7.42. The Morgan fingerprint density at radius 3 is 2.39 bits per heavy atom. The predicted octanol–water partition coefficient (Wildman–Crippen LogP) is 3.01. The van der Waals surface area contributed by atoms with Gasteiger partial charge in [-0.2, -0.15) is 0 Å². The van der Waals surface area contributed by atoms with Crippen LogP contribution in [-0.2, 0) is 9.53 Å². The van der Waals surface area contributed by atoms with E-state index in [4.69, 9.17) is 10.5 Å². The molecule has 0 aliphatic heterocycles. The molecule has 0 saturated carbocycles. The van der Waals surface area contributed by atoms with Crippen LogP contribution >= 0.6 is 11.3 Å². The number of carbonyl (C=O) groups is 3. The fourth-order valence-corrected chi connectivity index (χ4v) is 3.37. The molecular formula is C20H17N3O4S. The number of aromatic nitrogens is 1. The Morgan fingerprint density at radius 2 is 1.75 bits per heavy atom. The maximum Gasteiger partial charge on any atom is 0.350 e. The van der Waals surface area contributed by atoms with E-state index in [1.807, 2.05) is 30.3 Å². The Morgan fingerprint density at radius 1 is 1.07 bits per heavy atom. The number of esters is 1. The van der Waals surface area contributed by atoms with Gasteiger partial charge in [-0.3, -0.25) is 9.59 Å². The minimum absolute atomic E-state index is 0.333.